The number of thioether (sulfide) groups is 1. The van der Waals surface area contributed by atoms with Crippen LogP contribution in [0.3, 0.4) is 0 Å². The van der Waals surface area contributed by atoms with Crippen molar-refractivity contribution in [2.24, 2.45) is 0 Å². The zero-order valence-corrected chi connectivity index (χ0v) is 14.4. The fourth-order valence-electron chi connectivity index (χ4n) is 1.79. The number of rotatable bonds is 6. The molecule has 0 atom stereocenters. The minimum atomic E-state index is -0.885. The molecular weight excluding hydrogens is 378 g/mol. The second-order valence-corrected chi connectivity index (χ2v) is 6.47. The van der Waals surface area contributed by atoms with Crippen molar-refractivity contribution in [1.29, 1.82) is 0 Å². The standard InChI is InChI=1S/C13H13BrClN3O2S/c1-2-3-11-16-17-13(21-7-12(19)20)18(11)8-4-5-10(15)9(14)6-8/h4-6H,2-3,7H2,1H3,(H,19,20). The summed E-state index contributed by atoms with van der Waals surface area (Å²) in [5.74, 6) is -0.137. The van der Waals surface area contributed by atoms with E-state index in [1.165, 1.54) is 0 Å². The average Bonchev–Trinajstić information content (AvgIpc) is 2.83. The van der Waals surface area contributed by atoms with Gasteiger partial charge in [0.25, 0.3) is 0 Å². The van der Waals surface area contributed by atoms with E-state index in [-0.39, 0.29) is 5.75 Å². The average molecular weight is 391 g/mol. The molecule has 0 aliphatic carbocycles. The van der Waals surface area contributed by atoms with Gasteiger partial charge in [0.05, 0.1) is 16.5 Å². The molecule has 0 bridgehead atoms. The molecule has 0 fully saturated rings. The Morgan fingerprint density at radius 3 is 2.86 bits per heavy atom. The molecule has 0 unspecified atom stereocenters. The molecule has 0 saturated carbocycles. The zero-order valence-electron chi connectivity index (χ0n) is 11.2. The number of halogens is 2. The van der Waals surface area contributed by atoms with Crippen LogP contribution < -0.4 is 0 Å². The van der Waals surface area contributed by atoms with Crippen molar-refractivity contribution in [2.75, 3.05) is 5.75 Å². The molecule has 0 aliphatic rings. The largest absolute Gasteiger partial charge is 0.481 e. The Hall–Kier alpha value is -1.05. The van der Waals surface area contributed by atoms with Gasteiger partial charge in [-0.25, -0.2) is 0 Å². The van der Waals surface area contributed by atoms with Gasteiger partial charge in [0.2, 0.25) is 0 Å². The molecule has 0 amide bonds. The number of benzene rings is 1. The smallest absolute Gasteiger partial charge is 0.313 e. The van der Waals surface area contributed by atoms with Crippen molar-refractivity contribution in [3.05, 3.63) is 33.5 Å². The van der Waals surface area contributed by atoms with Gasteiger partial charge in [-0.1, -0.05) is 30.3 Å². The second-order valence-electron chi connectivity index (χ2n) is 4.27. The van der Waals surface area contributed by atoms with Gasteiger partial charge in [-0.15, -0.1) is 10.2 Å². The highest BCUT2D eigenvalue weighted by atomic mass is 79.9. The van der Waals surface area contributed by atoms with Crippen molar-refractivity contribution in [2.45, 2.75) is 24.9 Å². The van der Waals surface area contributed by atoms with Gasteiger partial charge < -0.3 is 5.11 Å². The summed E-state index contributed by atoms with van der Waals surface area (Å²) < 4.78 is 2.64. The third kappa shape index (κ3) is 3.99. The molecule has 0 spiro atoms. The Morgan fingerprint density at radius 1 is 1.48 bits per heavy atom. The van der Waals surface area contributed by atoms with E-state index in [9.17, 15) is 4.79 Å². The van der Waals surface area contributed by atoms with E-state index in [2.05, 4.69) is 33.1 Å². The van der Waals surface area contributed by atoms with Crippen LogP contribution in [0.25, 0.3) is 5.69 Å². The summed E-state index contributed by atoms with van der Waals surface area (Å²) in [6.07, 6.45) is 1.69. The summed E-state index contributed by atoms with van der Waals surface area (Å²) in [6, 6.07) is 5.51. The Bertz CT molecular complexity index is 663. The number of carbonyl (C=O) groups is 1. The summed E-state index contributed by atoms with van der Waals surface area (Å²) in [6.45, 7) is 2.06. The molecule has 0 radical (unpaired) electrons. The molecular formula is C13H13BrClN3O2S. The van der Waals surface area contributed by atoms with Gasteiger partial charge in [0, 0.05) is 10.9 Å². The van der Waals surface area contributed by atoms with Crippen molar-refractivity contribution in [3.63, 3.8) is 0 Å². The van der Waals surface area contributed by atoms with Crippen LogP contribution in [0.5, 0.6) is 0 Å². The molecule has 21 heavy (non-hydrogen) atoms. The van der Waals surface area contributed by atoms with Gasteiger partial charge in [-0.2, -0.15) is 0 Å². The molecule has 0 aliphatic heterocycles. The Kier molecular flexibility index (Phi) is 5.66. The molecule has 1 aromatic carbocycles. The quantitative estimate of drug-likeness (QED) is 0.760. The molecule has 0 saturated heterocycles. The van der Waals surface area contributed by atoms with Crippen LogP contribution in [0.15, 0.2) is 27.8 Å². The molecule has 112 valence electrons. The number of carboxylic acid groups (broad SMARTS) is 1. The van der Waals surface area contributed by atoms with Crippen LogP contribution >= 0.6 is 39.3 Å². The Labute approximate surface area is 139 Å². The number of carboxylic acids is 1. The van der Waals surface area contributed by atoms with Crippen molar-refractivity contribution in [1.82, 2.24) is 14.8 Å². The second kappa shape index (κ2) is 7.29. The number of aromatic nitrogens is 3. The maximum atomic E-state index is 10.7. The van der Waals surface area contributed by atoms with E-state index < -0.39 is 5.97 Å². The third-order valence-electron chi connectivity index (χ3n) is 2.66. The lowest BCUT2D eigenvalue weighted by Crippen LogP contribution is -2.05. The van der Waals surface area contributed by atoms with E-state index in [1.807, 2.05) is 16.7 Å². The Balaban J connectivity index is 2.44. The zero-order chi connectivity index (χ0) is 15.4. The van der Waals surface area contributed by atoms with Crippen molar-refractivity contribution in [3.8, 4) is 5.69 Å². The topological polar surface area (TPSA) is 68.0 Å². The molecule has 5 nitrogen and oxygen atoms in total. The molecule has 8 heteroatoms. The molecule has 1 aromatic heterocycles. The first-order valence-electron chi connectivity index (χ1n) is 6.27. The highest BCUT2D eigenvalue weighted by Crippen LogP contribution is 2.28. The first-order chi connectivity index (χ1) is 10.0. The number of hydrogen-bond donors (Lipinski definition) is 1. The lowest BCUT2D eigenvalue weighted by molar-refractivity contribution is -0.133. The number of aliphatic carboxylic acids is 1. The van der Waals surface area contributed by atoms with Crippen LogP contribution in [0.1, 0.15) is 19.2 Å². The van der Waals surface area contributed by atoms with Crippen molar-refractivity contribution < 1.29 is 9.90 Å². The first-order valence-corrected chi connectivity index (χ1v) is 8.43. The first kappa shape index (κ1) is 16.3. The fourth-order valence-corrected chi connectivity index (χ4v) is 2.96. The summed E-state index contributed by atoms with van der Waals surface area (Å²) in [5, 5.41) is 18.3. The van der Waals surface area contributed by atoms with Gasteiger partial charge in [-0.05, 0) is 40.5 Å². The number of nitrogens with zero attached hydrogens (tertiary/aromatic N) is 3. The van der Waals surface area contributed by atoms with E-state index in [0.717, 1.165) is 40.6 Å². The minimum Gasteiger partial charge on any atom is -0.481 e. The molecule has 1 N–H and O–H groups in total. The van der Waals surface area contributed by atoms with Gasteiger partial charge in [0.15, 0.2) is 5.16 Å². The predicted molar refractivity (Wildman–Crippen MR) is 86.4 cm³/mol. The maximum absolute atomic E-state index is 10.7. The van der Waals surface area contributed by atoms with E-state index in [4.69, 9.17) is 16.7 Å². The molecule has 2 rings (SSSR count). The summed E-state index contributed by atoms with van der Waals surface area (Å²) in [7, 11) is 0. The SMILES string of the molecule is CCCc1nnc(SCC(=O)O)n1-c1ccc(Cl)c(Br)c1. The lowest BCUT2D eigenvalue weighted by atomic mass is 10.3. The highest BCUT2D eigenvalue weighted by molar-refractivity contribution is 9.10. The van der Waals surface area contributed by atoms with E-state index in [1.54, 1.807) is 6.07 Å². The lowest BCUT2D eigenvalue weighted by Gasteiger charge is -2.10. The van der Waals surface area contributed by atoms with E-state index in [0.29, 0.717) is 10.2 Å². The van der Waals surface area contributed by atoms with Crippen molar-refractivity contribution >= 4 is 45.3 Å². The predicted octanol–water partition coefficient (Wildman–Crippen LogP) is 3.81. The van der Waals surface area contributed by atoms with Gasteiger partial charge in [-0.3, -0.25) is 9.36 Å². The number of aryl methyl sites for hydroxylation is 1. The van der Waals surface area contributed by atoms with E-state index >= 15 is 0 Å². The highest BCUT2D eigenvalue weighted by Gasteiger charge is 2.15. The normalized spacial score (nSPS) is 10.8. The summed E-state index contributed by atoms with van der Waals surface area (Å²) >= 11 is 10.6. The third-order valence-corrected chi connectivity index (χ3v) is 4.79. The van der Waals surface area contributed by atoms with Crippen LogP contribution in [-0.4, -0.2) is 31.6 Å². The molecule has 2 aromatic rings. The van der Waals surface area contributed by atoms with Crippen LogP contribution in [0.2, 0.25) is 5.02 Å². The van der Waals surface area contributed by atoms with Gasteiger partial charge in [0.1, 0.15) is 5.82 Å². The molecule has 1 heterocycles. The summed E-state index contributed by atoms with van der Waals surface area (Å²) in [4.78, 5) is 10.7. The van der Waals surface area contributed by atoms with Crippen LogP contribution in [-0.2, 0) is 11.2 Å². The summed E-state index contributed by atoms with van der Waals surface area (Å²) in [5.41, 5.74) is 0.854. The monoisotopic (exact) mass is 389 g/mol. The maximum Gasteiger partial charge on any atom is 0.313 e. The fraction of sp³-hybridized carbons (Fsp3) is 0.308. The van der Waals surface area contributed by atoms with Gasteiger partial charge >= 0.3 is 5.97 Å². The Morgan fingerprint density at radius 2 is 2.24 bits per heavy atom. The minimum absolute atomic E-state index is 0.0565. The van der Waals surface area contributed by atoms with Crippen LogP contribution in [0.4, 0.5) is 0 Å². The van der Waals surface area contributed by atoms with Crippen LogP contribution in [0, 0.1) is 0 Å². The number of hydrogen-bond acceptors (Lipinski definition) is 4.